The minimum atomic E-state index is -4.71. The van der Waals surface area contributed by atoms with Crippen LogP contribution in [0.1, 0.15) is 18.2 Å². The molecule has 0 spiro atoms. The van der Waals surface area contributed by atoms with Gasteiger partial charge in [0.05, 0.1) is 31.9 Å². The van der Waals surface area contributed by atoms with E-state index < -0.39 is 11.9 Å². The Morgan fingerprint density at radius 1 is 0.868 bits per heavy atom. The molecule has 0 atom stereocenters. The summed E-state index contributed by atoms with van der Waals surface area (Å²) in [5.41, 5.74) is 2.37. The summed E-state index contributed by atoms with van der Waals surface area (Å²) in [4.78, 5) is 8.33. The van der Waals surface area contributed by atoms with Crippen molar-refractivity contribution in [2.75, 3.05) is 14.2 Å². The summed E-state index contributed by atoms with van der Waals surface area (Å²) in [5.74, 6) is 1.27. The fourth-order valence-corrected chi connectivity index (χ4v) is 4.18. The van der Waals surface area contributed by atoms with Crippen LogP contribution in [0.2, 0.25) is 0 Å². The summed E-state index contributed by atoms with van der Waals surface area (Å²) in [6, 6.07) is 18.5. The zero-order valence-corrected chi connectivity index (χ0v) is 20.8. The number of rotatable bonds is 7. The molecule has 5 aromatic rings. The third kappa shape index (κ3) is 4.72. The molecule has 0 N–H and O–H groups in total. The molecule has 2 aromatic carbocycles. The van der Waals surface area contributed by atoms with Gasteiger partial charge in [-0.2, -0.15) is 23.0 Å². The van der Waals surface area contributed by atoms with Gasteiger partial charge in [0.2, 0.25) is 0 Å². The van der Waals surface area contributed by atoms with E-state index in [1.807, 2.05) is 31.2 Å². The highest BCUT2D eigenvalue weighted by molar-refractivity contribution is 5.76. The maximum Gasteiger partial charge on any atom is 0.433 e. The maximum atomic E-state index is 13.9. The van der Waals surface area contributed by atoms with Crippen molar-refractivity contribution in [2.45, 2.75) is 19.5 Å². The van der Waals surface area contributed by atoms with Crippen LogP contribution in [-0.2, 0) is 12.6 Å². The number of ether oxygens (including phenoxy) is 2. The zero-order chi connectivity index (χ0) is 26.9. The molecule has 0 bridgehead atoms. The quantitative estimate of drug-likeness (QED) is 0.234. The average molecular weight is 521 g/mol. The topological polar surface area (TPSA) is 75.2 Å². The fraction of sp³-hybridized carbons (Fsp3) is 0.179. The van der Waals surface area contributed by atoms with Gasteiger partial charge in [-0.3, -0.25) is 0 Å². The van der Waals surface area contributed by atoms with Gasteiger partial charge in [-0.15, -0.1) is 0 Å². The number of hydrogen-bond donors (Lipinski definition) is 0. The Bertz CT molecular complexity index is 1540. The van der Waals surface area contributed by atoms with E-state index in [0.29, 0.717) is 29.3 Å². The third-order valence-electron chi connectivity index (χ3n) is 6.03. The molecule has 0 aliphatic carbocycles. The van der Waals surface area contributed by atoms with Crippen molar-refractivity contribution in [2.24, 2.45) is 0 Å². The number of nitrogens with zero attached hydrogens (tertiary/aromatic N) is 4. The molecule has 5 rings (SSSR count). The molecule has 3 heterocycles. The highest BCUT2D eigenvalue weighted by Crippen LogP contribution is 2.37. The molecule has 0 amide bonds. The van der Waals surface area contributed by atoms with Crippen LogP contribution in [0.4, 0.5) is 13.2 Å². The first-order valence-electron chi connectivity index (χ1n) is 11.7. The number of hydrogen-bond acceptors (Lipinski definition) is 6. The van der Waals surface area contributed by atoms with Crippen LogP contribution >= 0.6 is 0 Å². The fourth-order valence-electron chi connectivity index (χ4n) is 4.18. The van der Waals surface area contributed by atoms with E-state index in [2.05, 4.69) is 9.97 Å². The van der Waals surface area contributed by atoms with Crippen LogP contribution in [-0.4, -0.2) is 34.0 Å². The standard InChI is InChI=1S/C28H23F3N4O3/c1-4-21-25(17-7-11-19(36-2)12-8-17)34-35(26(21)18-9-13-20(37-3)14-10-18)27-32-22(23-6-5-15-38-23)16-24(33-27)28(29,30)31/h5-16H,4H2,1-3H3. The largest absolute Gasteiger partial charge is 0.497 e. The van der Waals surface area contributed by atoms with Crippen LogP contribution in [0, 0.1) is 0 Å². The monoisotopic (exact) mass is 520 g/mol. The lowest BCUT2D eigenvalue weighted by molar-refractivity contribution is -0.141. The molecule has 194 valence electrons. The molecule has 0 saturated heterocycles. The van der Waals surface area contributed by atoms with Gasteiger partial charge in [0.25, 0.3) is 5.95 Å². The predicted octanol–water partition coefficient (Wildman–Crippen LogP) is 6.85. The van der Waals surface area contributed by atoms with Crippen molar-refractivity contribution in [3.63, 3.8) is 0 Å². The van der Waals surface area contributed by atoms with Crippen LogP contribution in [0.25, 0.3) is 39.9 Å². The van der Waals surface area contributed by atoms with Crippen molar-refractivity contribution in [1.29, 1.82) is 0 Å². The van der Waals surface area contributed by atoms with E-state index in [9.17, 15) is 13.2 Å². The zero-order valence-electron chi connectivity index (χ0n) is 20.8. The van der Waals surface area contributed by atoms with Crippen molar-refractivity contribution in [3.8, 4) is 51.4 Å². The summed E-state index contributed by atoms with van der Waals surface area (Å²) in [7, 11) is 3.13. The second-order valence-electron chi connectivity index (χ2n) is 8.31. The molecule has 0 aliphatic rings. The van der Waals surface area contributed by atoms with E-state index in [1.165, 1.54) is 10.9 Å². The van der Waals surface area contributed by atoms with E-state index in [-0.39, 0.29) is 17.4 Å². The minimum absolute atomic E-state index is 0.00690. The Kier molecular flexibility index (Phi) is 6.62. The number of alkyl halides is 3. The van der Waals surface area contributed by atoms with Gasteiger partial charge in [0.15, 0.2) is 11.5 Å². The van der Waals surface area contributed by atoms with Crippen molar-refractivity contribution in [3.05, 3.63) is 84.3 Å². The number of furan rings is 1. The lowest BCUT2D eigenvalue weighted by Gasteiger charge is -2.12. The van der Waals surface area contributed by atoms with Crippen molar-refractivity contribution < 1.29 is 27.1 Å². The normalized spacial score (nSPS) is 11.5. The third-order valence-corrected chi connectivity index (χ3v) is 6.03. The second-order valence-corrected chi connectivity index (χ2v) is 8.31. The molecule has 7 nitrogen and oxygen atoms in total. The summed E-state index contributed by atoms with van der Waals surface area (Å²) in [5, 5.41) is 4.76. The Labute approximate surface area is 216 Å². The van der Waals surface area contributed by atoms with Crippen LogP contribution in [0.5, 0.6) is 11.5 Å². The van der Waals surface area contributed by atoms with Crippen LogP contribution < -0.4 is 9.47 Å². The van der Waals surface area contributed by atoms with Gasteiger partial charge in [-0.05, 0) is 73.2 Å². The molecule has 0 radical (unpaired) electrons. The van der Waals surface area contributed by atoms with E-state index in [0.717, 1.165) is 22.8 Å². The minimum Gasteiger partial charge on any atom is -0.497 e. The van der Waals surface area contributed by atoms with Crippen LogP contribution in [0.3, 0.4) is 0 Å². The molecular weight excluding hydrogens is 497 g/mol. The van der Waals surface area contributed by atoms with Gasteiger partial charge in [-0.1, -0.05) is 6.92 Å². The molecule has 0 unspecified atom stereocenters. The second kappa shape index (κ2) is 10.0. The predicted molar refractivity (Wildman–Crippen MR) is 135 cm³/mol. The first-order chi connectivity index (χ1) is 18.3. The van der Waals surface area contributed by atoms with Crippen LogP contribution in [0.15, 0.2) is 77.4 Å². The maximum absolute atomic E-state index is 13.9. The smallest absolute Gasteiger partial charge is 0.433 e. The molecular formula is C28H23F3N4O3. The summed E-state index contributed by atoms with van der Waals surface area (Å²) in [6.45, 7) is 1.96. The van der Waals surface area contributed by atoms with Gasteiger partial charge in [-0.25, -0.2) is 9.97 Å². The Morgan fingerprint density at radius 3 is 2.03 bits per heavy atom. The van der Waals surface area contributed by atoms with Crippen molar-refractivity contribution in [1.82, 2.24) is 19.7 Å². The molecule has 10 heteroatoms. The van der Waals surface area contributed by atoms with Gasteiger partial charge >= 0.3 is 6.18 Å². The van der Waals surface area contributed by atoms with E-state index in [1.54, 1.807) is 50.6 Å². The molecule has 3 aromatic heterocycles. The van der Waals surface area contributed by atoms with E-state index >= 15 is 0 Å². The molecule has 0 fully saturated rings. The SMILES string of the molecule is CCc1c(-c2ccc(OC)cc2)nn(-c2nc(-c3ccco3)cc(C(F)(F)F)n2)c1-c1ccc(OC)cc1. The Hall–Kier alpha value is -4.60. The highest BCUT2D eigenvalue weighted by Gasteiger charge is 2.35. The Morgan fingerprint density at radius 2 is 1.50 bits per heavy atom. The van der Waals surface area contributed by atoms with Gasteiger partial charge in [0, 0.05) is 16.7 Å². The number of aromatic nitrogens is 4. The van der Waals surface area contributed by atoms with Gasteiger partial charge < -0.3 is 13.9 Å². The summed E-state index contributed by atoms with van der Waals surface area (Å²) >= 11 is 0. The summed E-state index contributed by atoms with van der Waals surface area (Å²) < 4.78 is 59.0. The van der Waals surface area contributed by atoms with Crippen molar-refractivity contribution >= 4 is 0 Å². The summed E-state index contributed by atoms with van der Waals surface area (Å²) in [6.07, 6.45) is -2.79. The number of benzene rings is 2. The number of halogens is 3. The average Bonchev–Trinajstić information content (AvgIpc) is 3.61. The number of methoxy groups -OCH3 is 2. The highest BCUT2D eigenvalue weighted by atomic mass is 19.4. The first kappa shape index (κ1) is 25.1. The van der Waals surface area contributed by atoms with Gasteiger partial charge in [0.1, 0.15) is 17.2 Å². The first-order valence-corrected chi connectivity index (χ1v) is 11.7. The lowest BCUT2D eigenvalue weighted by atomic mass is 10.00. The molecule has 38 heavy (non-hydrogen) atoms. The molecule has 0 saturated carbocycles. The van der Waals surface area contributed by atoms with E-state index in [4.69, 9.17) is 19.0 Å². The lowest BCUT2D eigenvalue weighted by Crippen LogP contribution is -2.14. The Balaban J connectivity index is 1.79. The molecule has 0 aliphatic heterocycles.